The molecule has 1 N–H and O–H groups in total. The van der Waals surface area contributed by atoms with Crippen molar-refractivity contribution in [3.63, 3.8) is 0 Å². The van der Waals surface area contributed by atoms with Crippen molar-refractivity contribution in [3.05, 3.63) is 29.8 Å². The van der Waals surface area contributed by atoms with Crippen LogP contribution in [0, 0.1) is 0 Å². The molecule has 3 nitrogen and oxygen atoms in total. The van der Waals surface area contributed by atoms with Crippen molar-refractivity contribution in [2.24, 2.45) is 0 Å². The Hall–Kier alpha value is -1.51. The third-order valence-corrected chi connectivity index (χ3v) is 3.39. The number of aromatic carboxylic acids is 1. The first-order valence-corrected chi connectivity index (χ1v) is 5.75. The molecule has 1 saturated carbocycles. The van der Waals surface area contributed by atoms with E-state index in [0.29, 0.717) is 11.6 Å². The van der Waals surface area contributed by atoms with Gasteiger partial charge in [-0.25, -0.2) is 4.79 Å². The first kappa shape index (κ1) is 11.0. The van der Waals surface area contributed by atoms with Gasteiger partial charge in [0.1, 0.15) is 0 Å². The second kappa shape index (κ2) is 4.56. The molecule has 0 saturated heterocycles. The van der Waals surface area contributed by atoms with Crippen LogP contribution in [0.2, 0.25) is 0 Å². The fraction of sp³-hybridized carbons (Fsp3) is 0.462. The van der Waals surface area contributed by atoms with E-state index in [1.165, 1.54) is 25.7 Å². The smallest absolute Gasteiger partial charge is 0.337 e. The molecule has 1 aromatic carbocycles. The Balaban J connectivity index is 2.27. The minimum absolute atomic E-state index is 0.400. The van der Waals surface area contributed by atoms with Gasteiger partial charge in [-0.05, 0) is 25.0 Å². The fourth-order valence-corrected chi connectivity index (χ4v) is 2.45. The molecule has 0 aliphatic heterocycles. The number of nitrogens with zero attached hydrogens (tertiary/aromatic N) is 1. The Bertz CT molecular complexity index is 383. The summed E-state index contributed by atoms with van der Waals surface area (Å²) in [5.74, 6) is -0.847. The number of carboxylic acids is 1. The molecule has 1 fully saturated rings. The molecule has 1 aromatic rings. The molecule has 3 heteroatoms. The molecule has 1 aliphatic rings. The lowest BCUT2D eigenvalue weighted by Crippen LogP contribution is -2.30. The van der Waals surface area contributed by atoms with Gasteiger partial charge in [-0.3, -0.25) is 0 Å². The standard InChI is InChI=1S/C13H17NO2/c1-14(10-6-2-3-7-10)12-9-5-4-8-11(12)13(15)16/h4-5,8-10H,2-3,6-7H2,1H3,(H,15,16). The first-order valence-electron chi connectivity index (χ1n) is 5.75. The summed E-state index contributed by atoms with van der Waals surface area (Å²) in [6.07, 6.45) is 4.85. The molecule has 0 spiro atoms. The molecule has 2 rings (SSSR count). The quantitative estimate of drug-likeness (QED) is 0.849. The van der Waals surface area contributed by atoms with E-state index >= 15 is 0 Å². The van der Waals surface area contributed by atoms with E-state index in [1.807, 2.05) is 19.2 Å². The highest BCUT2D eigenvalue weighted by atomic mass is 16.4. The van der Waals surface area contributed by atoms with Gasteiger partial charge in [0.15, 0.2) is 0 Å². The Labute approximate surface area is 95.7 Å². The van der Waals surface area contributed by atoms with Gasteiger partial charge in [-0.15, -0.1) is 0 Å². The molecule has 0 amide bonds. The van der Waals surface area contributed by atoms with Crippen LogP contribution in [-0.4, -0.2) is 24.2 Å². The third-order valence-electron chi connectivity index (χ3n) is 3.39. The van der Waals surface area contributed by atoms with Crippen molar-refractivity contribution in [2.75, 3.05) is 11.9 Å². The average Bonchev–Trinajstić information content (AvgIpc) is 2.81. The topological polar surface area (TPSA) is 40.5 Å². The fourth-order valence-electron chi connectivity index (χ4n) is 2.45. The molecule has 0 atom stereocenters. The number of carbonyl (C=O) groups is 1. The van der Waals surface area contributed by atoms with Gasteiger partial charge in [0, 0.05) is 13.1 Å². The van der Waals surface area contributed by atoms with E-state index in [1.54, 1.807) is 12.1 Å². The Morgan fingerprint density at radius 2 is 1.94 bits per heavy atom. The molecule has 0 unspecified atom stereocenters. The van der Waals surface area contributed by atoms with E-state index in [9.17, 15) is 4.79 Å². The maximum atomic E-state index is 11.1. The van der Waals surface area contributed by atoms with E-state index < -0.39 is 5.97 Å². The van der Waals surface area contributed by atoms with Crippen LogP contribution in [0.1, 0.15) is 36.0 Å². The van der Waals surface area contributed by atoms with E-state index in [0.717, 1.165) is 5.69 Å². The van der Waals surface area contributed by atoms with Gasteiger partial charge in [0.25, 0.3) is 0 Å². The van der Waals surface area contributed by atoms with Crippen LogP contribution in [0.3, 0.4) is 0 Å². The maximum Gasteiger partial charge on any atom is 0.337 e. The van der Waals surface area contributed by atoms with Gasteiger partial charge < -0.3 is 10.0 Å². The minimum Gasteiger partial charge on any atom is -0.478 e. The zero-order chi connectivity index (χ0) is 11.5. The van der Waals surface area contributed by atoms with E-state index in [-0.39, 0.29) is 0 Å². The maximum absolute atomic E-state index is 11.1. The van der Waals surface area contributed by atoms with E-state index in [4.69, 9.17) is 5.11 Å². The van der Waals surface area contributed by atoms with Crippen LogP contribution in [-0.2, 0) is 0 Å². The van der Waals surface area contributed by atoms with Crippen molar-refractivity contribution < 1.29 is 9.90 Å². The van der Waals surface area contributed by atoms with Crippen molar-refractivity contribution >= 4 is 11.7 Å². The Morgan fingerprint density at radius 3 is 2.56 bits per heavy atom. The molecule has 86 valence electrons. The monoisotopic (exact) mass is 219 g/mol. The van der Waals surface area contributed by atoms with Crippen molar-refractivity contribution in [3.8, 4) is 0 Å². The normalized spacial score (nSPS) is 16.3. The predicted octanol–water partition coefficient (Wildman–Crippen LogP) is 2.76. The van der Waals surface area contributed by atoms with Crippen LogP contribution in [0.5, 0.6) is 0 Å². The Kier molecular flexibility index (Phi) is 3.13. The van der Waals surface area contributed by atoms with E-state index in [2.05, 4.69) is 4.90 Å². The van der Waals surface area contributed by atoms with Crippen LogP contribution in [0.4, 0.5) is 5.69 Å². The second-order valence-electron chi connectivity index (χ2n) is 4.37. The molecule has 0 bridgehead atoms. The molecule has 0 radical (unpaired) electrons. The molecule has 0 aromatic heterocycles. The molecule has 1 aliphatic carbocycles. The summed E-state index contributed by atoms with van der Waals surface area (Å²) in [6, 6.07) is 7.73. The molecule has 0 heterocycles. The first-order chi connectivity index (χ1) is 7.70. The van der Waals surface area contributed by atoms with Crippen molar-refractivity contribution in [1.29, 1.82) is 0 Å². The number of anilines is 1. The predicted molar refractivity (Wildman–Crippen MR) is 64.1 cm³/mol. The van der Waals surface area contributed by atoms with Gasteiger partial charge in [-0.2, -0.15) is 0 Å². The van der Waals surface area contributed by atoms with Crippen LogP contribution in [0.15, 0.2) is 24.3 Å². The SMILES string of the molecule is CN(c1ccccc1C(=O)O)C1CCCC1. The van der Waals surface area contributed by atoms with Crippen LogP contribution in [0.25, 0.3) is 0 Å². The summed E-state index contributed by atoms with van der Waals surface area (Å²) < 4.78 is 0. The van der Waals surface area contributed by atoms with Crippen molar-refractivity contribution in [1.82, 2.24) is 0 Å². The summed E-state index contributed by atoms with van der Waals surface area (Å²) in [5, 5.41) is 9.13. The summed E-state index contributed by atoms with van der Waals surface area (Å²) in [5.41, 5.74) is 1.23. The second-order valence-corrected chi connectivity index (χ2v) is 4.37. The highest BCUT2D eigenvalue weighted by molar-refractivity contribution is 5.94. The van der Waals surface area contributed by atoms with Gasteiger partial charge in [-0.1, -0.05) is 25.0 Å². The number of hydrogen-bond acceptors (Lipinski definition) is 2. The highest BCUT2D eigenvalue weighted by Crippen LogP contribution is 2.28. The van der Waals surface area contributed by atoms with Gasteiger partial charge in [0.2, 0.25) is 0 Å². The molecular weight excluding hydrogens is 202 g/mol. The minimum atomic E-state index is -0.847. The summed E-state index contributed by atoms with van der Waals surface area (Å²) in [4.78, 5) is 13.2. The number of rotatable bonds is 3. The zero-order valence-electron chi connectivity index (χ0n) is 9.52. The molecule has 16 heavy (non-hydrogen) atoms. The van der Waals surface area contributed by atoms with Crippen molar-refractivity contribution in [2.45, 2.75) is 31.7 Å². The average molecular weight is 219 g/mol. The highest BCUT2D eigenvalue weighted by Gasteiger charge is 2.22. The number of benzene rings is 1. The lowest BCUT2D eigenvalue weighted by Gasteiger charge is -2.27. The summed E-state index contributed by atoms with van der Waals surface area (Å²) >= 11 is 0. The zero-order valence-corrected chi connectivity index (χ0v) is 9.52. The lowest BCUT2D eigenvalue weighted by atomic mass is 10.1. The largest absolute Gasteiger partial charge is 0.478 e. The number of para-hydroxylation sites is 1. The van der Waals surface area contributed by atoms with Crippen LogP contribution < -0.4 is 4.90 Å². The third kappa shape index (κ3) is 2.03. The number of hydrogen-bond donors (Lipinski definition) is 1. The van der Waals surface area contributed by atoms with Gasteiger partial charge >= 0.3 is 5.97 Å². The Morgan fingerprint density at radius 1 is 1.31 bits per heavy atom. The summed E-state index contributed by atoms with van der Waals surface area (Å²) in [6.45, 7) is 0. The van der Waals surface area contributed by atoms with Gasteiger partial charge in [0.05, 0.1) is 11.3 Å². The lowest BCUT2D eigenvalue weighted by molar-refractivity contribution is 0.0697. The number of carboxylic acid groups (broad SMARTS) is 1. The molecular formula is C13H17NO2. The van der Waals surface area contributed by atoms with Crippen LogP contribution >= 0.6 is 0 Å². The summed E-state index contributed by atoms with van der Waals surface area (Å²) in [7, 11) is 2.00.